The lowest BCUT2D eigenvalue weighted by atomic mass is 10.1. The van der Waals surface area contributed by atoms with Crippen LogP contribution < -0.4 is 24.8 Å². The third-order valence-corrected chi connectivity index (χ3v) is 4.38. The molecule has 0 aromatic heterocycles. The van der Waals surface area contributed by atoms with Gasteiger partial charge >= 0.3 is 5.97 Å². The van der Waals surface area contributed by atoms with Crippen molar-refractivity contribution in [3.8, 4) is 17.2 Å². The predicted molar refractivity (Wildman–Crippen MR) is 112 cm³/mol. The molecule has 0 heterocycles. The molecule has 0 bridgehead atoms. The Morgan fingerprint density at radius 2 is 1.71 bits per heavy atom. The van der Waals surface area contributed by atoms with Crippen LogP contribution >= 0.6 is 12.2 Å². The Kier molecular flexibility index (Phi) is 7.45. The molecule has 0 unspecified atom stereocenters. The molecule has 0 aliphatic carbocycles. The Bertz CT molecular complexity index is 870. The van der Waals surface area contributed by atoms with Crippen LogP contribution in [0.25, 0.3) is 0 Å². The van der Waals surface area contributed by atoms with Crippen molar-refractivity contribution in [3.05, 3.63) is 47.0 Å². The van der Waals surface area contributed by atoms with E-state index in [1.54, 1.807) is 39.5 Å². The van der Waals surface area contributed by atoms with Crippen LogP contribution in [0.3, 0.4) is 0 Å². The summed E-state index contributed by atoms with van der Waals surface area (Å²) < 4.78 is 20.9. The largest absolute Gasteiger partial charge is 0.493 e. The monoisotopic (exact) mass is 404 g/mol. The number of thiocarbonyl (C=S) groups is 1. The number of anilines is 1. The second-order valence-corrected chi connectivity index (χ2v) is 6.23. The first-order valence-corrected chi connectivity index (χ1v) is 8.87. The molecule has 0 amide bonds. The summed E-state index contributed by atoms with van der Waals surface area (Å²) in [5.74, 6) is 1.27. The number of aryl methyl sites for hydroxylation is 1. The lowest BCUT2D eigenvalue weighted by molar-refractivity contribution is 0.0601. The molecular formula is C20H24N2O5S. The van der Waals surface area contributed by atoms with E-state index in [2.05, 4.69) is 10.6 Å². The van der Waals surface area contributed by atoms with Gasteiger partial charge in [0.1, 0.15) is 0 Å². The molecule has 2 N–H and O–H groups in total. The fourth-order valence-corrected chi connectivity index (χ4v) is 2.83. The van der Waals surface area contributed by atoms with Crippen molar-refractivity contribution >= 4 is 29.0 Å². The summed E-state index contributed by atoms with van der Waals surface area (Å²) in [4.78, 5) is 11.7. The maximum absolute atomic E-state index is 11.7. The molecule has 0 aliphatic rings. The van der Waals surface area contributed by atoms with Gasteiger partial charge < -0.3 is 29.6 Å². The Labute approximate surface area is 169 Å². The van der Waals surface area contributed by atoms with Crippen molar-refractivity contribution < 1.29 is 23.7 Å². The number of carbonyl (C=O) groups is 1. The van der Waals surface area contributed by atoms with Crippen molar-refractivity contribution in [2.75, 3.05) is 33.8 Å². The quantitative estimate of drug-likeness (QED) is 0.538. The molecule has 0 spiro atoms. The zero-order valence-electron chi connectivity index (χ0n) is 16.5. The molecule has 0 saturated heterocycles. The minimum Gasteiger partial charge on any atom is -0.493 e. The van der Waals surface area contributed by atoms with E-state index in [0.717, 1.165) is 16.8 Å². The standard InChI is InChI=1S/C20H24N2O5S/c1-12-6-7-13(19(23)27-5)10-15(12)22-20(28)21-11-14-8-9-16(24-2)18(26-4)17(14)25-3/h6-10H,11H2,1-5H3,(H2,21,22,28). The zero-order chi connectivity index (χ0) is 20.7. The number of rotatable bonds is 7. The van der Waals surface area contributed by atoms with E-state index < -0.39 is 5.97 Å². The Morgan fingerprint density at radius 1 is 1.00 bits per heavy atom. The van der Waals surface area contributed by atoms with E-state index in [1.165, 1.54) is 7.11 Å². The first-order valence-electron chi connectivity index (χ1n) is 8.46. The van der Waals surface area contributed by atoms with Crippen molar-refractivity contribution in [3.63, 3.8) is 0 Å². The predicted octanol–water partition coefficient (Wildman–Crippen LogP) is 3.29. The van der Waals surface area contributed by atoms with Crippen LogP contribution in [0.4, 0.5) is 5.69 Å². The lowest BCUT2D eigenvalue weighted by Crippen LogP contribution is -2.28. The first kappa shape index (κ1) is 21.3. The number of hydrogen-bond donors (Lipinski definition) is 2. The maximum atomic E-state index is 11.7. The molecule has 2 aromatic rings. The van der Waals surface area contributed by atoms with E-state index in [4.69, 9.17) is 31.2 Å². The summed E-state index contributed by atoms with van der Waals surface area (Å²) in [7, 11) is 6.04. The molecular weight excluding hydrogens is 380 g/mol. The maximum Gasteiger partial charge on any atom is 0.337 e. The number of methoxy groups -OCH3 is 4. The van der Waals surface area contributed by atoms with Crippen LogP contribution in [-0.2, 0) is 11.3 Å². The summed E-state index contributed by atoms with van der Waals surface area (Å²) >= 11 is 5.39. The minimum absolute atomic E-state index is 0.405. The summed E-state index contributed by atoms with van der Waals surface area (Å²) in [6.45, 7) is 2.33. The smallest absolute Gasteiger partial charge is 0.337 e. The summed E-state index contributed by atoms with van der Waals surface area (Å²) in [5, 5.41) is 6.64. The van der Waals surface area contributed by atoms with Gasteiger partial charge in [0.15, 0.2) is 16.6 Å². The Hall–Kier alpha value is -3.00. The van der Waals surface area contributed by atoms with Gasteiger partial charge in [0, 0.05) is 17.8 Å². The molecule has 2 aromatic carbocycles. The SMILES string of the molecule is COC(=O)c1ccc(C)c(NC(=S)NCc2ccc(OC)c(OC)c2OC)c1. The second kappa shape index (κ2) is 9.80. The lowest BCUT2D eigenvalue weighted by Gasteiger charge is -2.17. The van der Waals surface area contributed by atoms with Crippen LogP contribution in [0.5, 0.6) is 17.2 Å². The van der Waals surface area contributed by atoms with E-state index in [0.29, 0.717) is 34.5 Å². The number of hydrogen-bond acceptors (Lipinski definition) is 6. The zero-order valence-corrected chi connectivity index (χ0v) is 17.4. The molecule has 0 radical (unpaired) electrons. The number of ether oxygens (including phenoxy) is 4. The number of nitrogens with one attached hydrogen (secondary N) is 2. The van der Waals surface area contributed by atoms with Gasteiger partial charge in [0.25, 0.3) is 0 Å². The molecule has 0 fully saturated rings. The molecule has 0 aliphatic heterocycles. The van der Waals surface area contributed by atoms with Crippen LogP contribution in [0.15, 0.2) is 30.3 Å². The topological polar surface area (TPSA) is 78.1 Å². The minimum atomic E-state index is -0.406. The second-order valence-electron chi connectivity index (χ2n) is 5.82. The summed E-state index contributed by atoms with van der Waals surface area (Å²) in [5.41, 5.74) is 2.96. The number of esters is 1. The van der Waals surface area contributed by atoms with Crippen molar-refractivity contribution in [1.82, 2.24) is 5.32 Å². The van der Waals surface area contributed by atoms with Gasteiger partial charge in [-0.05, 0) is 49.0 Å². The van der Waals surface area contributed by atoms with Crippen molar-refractivity contribution in [2.24, 2.45) is 0 Å². The van der Waals surface area contributed by atoms with Crippen molar-refractivity contribution in [1.29, 1.82) is 0 Å². The fourth-order valence-electron chi connectivity index (χ4n) is 2.65. The Morgan fingerprint density at radius 3 is 2.32 bits per heavy atom. The highest BCUT2D eigenvalue weighted by molar-refractivity contribution is 7.80. The van der Waals surface area contributed by atoms with Gasteiger partial charge in [-0.15, -0.1) is 0 Å². The van der Waals surface area contributed by atoms with Gasteiger partial charge in [-0.3, -0.25) is 0 Å². The highest BCUT2D eigenvalue weighted by Gasteiger charge is 2.16. The summed E-state index contributed by atoms with van der Waals surface area (Å²) in [6.07, 6.45) is 0. The fraction of sp³-hybridized carbons (Fsp3) is 0.300. The molecule has 0 atom stereocenters. The molecule has 2 rings (SSSR count). The average Bonchev–Trinajstić information content (AvgIpc) is 2.72. The highest BCUT2D eigenvalue weighted by Crippen LogP contribution is 2.39. The average molecular weight is 404 g/mol. The van der Waals surface area contributed by atoms with E-state index >= 15 is 0 Å². The van der Waals surface area contributed by atoms with Gasteiger partial charge in [-0.25, -0.2) is 4.79 Å². The van der Waals surface area contributed by atoms with Crippen molar-refractivity contribution in [2.45, 2.75) is 13.5 Å². The first-order chi connectivity index (χ1) is 13.4. The summed E-state index contributed by atoms with van der Waals surface area (Å²) in [6, 6.07) is 8.91. The molecule has 28 heavy (non-hydrogen) atoms. The third kappa shape index (κ3) is 4.83. The van der Waals surface area contributed by atoms with Gasteiger partial charge in [0.05, 0.1) is 34.0 Å². The van der Waals surface area contributed by atoms with E-state index in [-0.39, 0.29) is 0 Å². The van der Waals surface area contributed by atoms with Crippen LogP contribution in [0, 0.1) is 6.92 Å². The third-order valence-electron chi connectivity index (χ3n) is 4.13. The van der Waals surface area contributed by atoms with Crippen LogP contribution in [-0.4, -0.2) is 39.5 Å². The molecule has 0 saturated carbocycles. The highest BCUT2D eigenvalue weighted by atomic mass is 32.1. The number of carbonyl (C=O) groups excluding carboxylic acids is 1. The van der Waals surface area contributed by atoms with Crippen LogP contribution in [0.2, 0.25) is 0 Å². The van der Waals surface area contributed by atoms with E-state index in [9.17, 15) is 4.79 Å². The molecule has 150 valence electrons. The van der Waals surface area contributed by atoms with Gasteiger partial charge in [-0.1, -0.05) is 6.07 Å². The van der Waals surface area contributed by atoms with Crippen LogP contribution in [0.1, 0.15) is 21.5 Å². The number of benzene rings is 2. The normalized spacial score (nSPS) is 10.0. The Balaban J connectivity index is 2.12. The molecule has 8 heteroatoms. The van der Waals surface area contributed by atoms with Gasteiger partial charge in [0.2, 0.25) is 5.75 Å². The molecule has 7 nitrogen and oxygen atoms in total. The van der Waals surface area contributed by atoms with E-state index in [1.807, 2.05) is 19.1 Å². The van der Waals surface area contributed by atoms with Gasteiger partial charge in [-0.2, -0.15) is 0 Å².